The fraction of sp³-hybridized carbons (Fsp3) is 0.241. The summed E-state index contributed by atoms with van der Waals surface area (Å²) in [6.07, 6.45) is 0.460. The van der Waals surface area contributed by atoms with Crippen LogP contribution in [0.2, 0.25) is 0 Å². The van der Waals surface area contributed by atoms with Crippen LogP contribution in [-0.2, 0) is 20.9 Å². The number of likely N-dealkylation sites (tertiary alicyclic amines) is 1. The number of methoxy groups -OCH3 is 1. The molecule has 3 aromatic carbocycles. The lowest BCUT2D eigenvalue weighted by Crippen LogP contribution is -2.31. The highest BCUT2D eigenvalue weighted by Gasteiger charge is 2.46. The minimum Gasteiger partial charge on any atom is -0.507 e. The second-order valence-electron chi connectivity index (χ2n) is 8.60. The second-order valence-corrected chi connectivity index (χ2v) is 8.60. The average molecular weight is 490 g/mol. The average Bonchev–Trinajstić information content (AvgIpc) is 3.13. The maximum Gasteiger partial charge on any atom is 0.295 e. The molecule has 1 fully saturated rings. The Bertz CT molecular complexity index is 1280. The van der Waals surface area contributed by atoms with Crippen molar-refractivity contribution in [1.29, 1.82) is 0 Å². The molecule has 1 unspecified atom stereocenters. The van der Waals surface area contributed by atoms with Crippen molar-refractivity contribution in [3.05, 3.63) is 106 Å². The number of benzene rings is 3. The van der Waals surface area contributed by atoms with E-state index in [1.807, 2.05) is 31.2 Å². The molecule has 186 valence electrons. The van der Waals surface area contributed by atoms with Crippen LogP contribution in [0, 0.1) is 12.7 Å². The highest BCUT2D eigenvalue weighted by Crippen LogP contribution is 2.40. The standard InChI is InChI=1S/C29H28FNO5/c1-19-8-3-4-9-21(19)18-36-22-14-12-20(13-15-22)27(32)25-26(23-10-5-6-11-24(23)30)31(16-7-17-35-2)29(34)28(25)33/h3-6,8-15,26,32H,7,16-18H2,1-2H3. The quantitative estimate of drug-likeness (QED) is 0.194. The number of hydrogen-bond donors (Lipinski definition) is 1. The Morgan fingerprint density at radius 2 is 1.69 bits per heavy atom. The molecular weight excluding hydrogens is 461 g/mol. The number of ether oxygens (including phenoxy) is 2. The molecule has 4 rings (SSSR count). The summed E-state index contributed by atoms with van der Waals surface area (Å²) in [5.41, 5.74) is 2.51. The number of aliphatic hydroxyl groups is 1. The number of rotatable bonds is 9. The zero-order chi connectivity index (χ0) is 25.7. The number of carbonyl (C=O) groups is 2. The molecule has 0 aliphatic carbocycles. The maximum atomic E-state index is 14.8. The van der Waals surface area contributed by atoms with Crippen LogP contribution in [0.1, 0.15) is 34.7 Å². The third-order valence-corrected chi connectivity index (χ3v) is 6.27. The van der Waals surface area contributed by atoms with E-state index < -0.39 is 23.5 Å². The Balaban J connectivity index is 1.65. The second kappa shape index (κ2) is 11.2. The van der Waals surface area contributed by atoms with Crippen molar-refractivity contribution >= 4 is 17.4 Å². The number of Topliss-reactive ketones (excluding diaryl/α,β-unsaturated/α-hetero) is 1. The molecule has 0 bridgehead atoms. The summed E-state index contributed by atoms with van der Waals surface area (Å²) in [5.74, 6) is -1.97. The third kappa shape index (κ3) is 5.16. The number of nitrogens with zero attached hydrogens (tertiary/aromatic N) is 1. The van der Waals surface area contributed by atoms with Gasteiger partial charge < -0.3 is 19.5 Å². The Kier molecular flexibility index (Phi) is 7.80. The minimum absolute atomic E-state index is 0.143. The van der Waals surface area contributed by atoms with Crippen molar-refractivity contribution in [2.45, 2.75) is 26.0 Å². The Labute approximate surface area is 209 Å². The van der Waals surface area contributed by atoms with Crippen LogP contribution in [-0.4, -0.2) is 42.0 Å². The normalized spacial score (nSPS) is 17.0. The van der Waals surface area contributed by atoms with Crippen molar-refractivity contribution in [2.24, 2.45) is 0 Å². The van der Waals surface area contributed by atoms with E-state index in [2.05, 4.69) is 0 Å². The molecule has 36 heavy (non-hydrogen) atoms. The van der Waals surface area contributed by atoms with Gasteiger partial charge in [-0.05, 0) is 54.8 Å². The van der Waals surface area contributed by atoms with Gasteiger partial charge in [-0.25, -0.2) is 4.39 Å². The zero-order valence-corrected chi connectivity index (χ0v) is 20.2. The van der Waals surface area contributed by atoms with Gasteiger partial charge in [0.15, 0.2) is 0 Å². The molecule has 1 aliphatic rings. The van der Waals surface area contributed by atoms with Gasteiger partial charge in [0.2, 0.25) is 0 Å². The first-order chi connectivity index (χ1) is 17.4. The fourth-order valence-electron chi connectivity index (χ4n) is 4.31. The molecule has 6 nitrogen and oxygen atoms in total. The number of amides is 1. The van der Waals surface area contributed by atoms with E-state index >= 15 is 0 Å². The number of carbonyl (C=O) groups excluding carboxylic acids is 2. The molecular formula is C29H28FNO5. The molecule has 0 saturated carbocycles. The Hall–Kier alpha value is -3.97. The van der Waals surface area contributed by atoms with E-state index in [4.69, 9.17) is 9.47 Å². The number of aryl methyl sites for hydroxylation is 1. The summed E-state index contributed by atoms with van der Waals surface area (Å²) in [6, 6.07) is 19.4. The molecule has 1 heterocycles. The van der Waals surface area contributed by atoms with E-state index in [1.165, 1.54) is 30.2 Å². The van der Waals surface area contributed by atoms with Crippen LogP contribution in [0.4, 0.5) is 4.39 Å². The lowest BCUT2D eigenvalue weighted by atomic mass is 9.95. The highest BCUT2D eigenvalue weighted by molar-refractivity contribution is 6.46. The SMILES string of the molecule is COCCCN1C(=O)C(=O)C(=C(O)c2ccc(OCc3ccccc3C)cc2)C1c1ccccc1F. The number of halogens is 1. The van der Waals surface area contributed by atoms with Gasteiger partial charge in [-0.3, -0.25) is 9.59 Å². The summed E-state index contributed by atoms with van der Waals surface area (Å²) in [4.78, 5) is 27.2. The number of aliphatic hydroxyl groups excluding tert-OH is 1. The number of hydrogen-bond acceptors (Lipinski definition) is 5. The topological polar surface area (TPSA) is 76.1 Å². The van der Waals surface area contributed by atoms with Gasteiger partial charge in [0.1, 0.15) is 23.9 Å². The molecule has 0 aromatic heterocycles. The Morgan fingerprint density at radius 1 is 1.00 bits per heavy atom. The summed E-state index contributed by atoms with van der Waals surface area (Å²) in [6.45, 7) is 2.95. The molecule has 1 amide bonds. The van der Waals surface area contributed by atoms with Crippen molar-refractivity contribution in [3.63, 3.8) is 0 Å². The van der Waals surface area contributed by atoms with Gasteiger partial charge >= 0.3 is 0 Å². The Morgan fingerprint density at radius 3 is 2.39 bits per heavy atom. The van der Waals surface area contributed by atoms with Crippen molar-refractivity contribution < 1.29 is 28.6 Å². The molecule has 1 atom stereocenters. The van der Waals surface area contributed by atoms with Gasteiger partial charge in [0.25, 0.3) is 11.7 Å². The monoisotopic (exact) mass is 489 g/mol. The molecule has 7 heteroatoms. The molecule has 1 aliphatic heterocycles. The summed E-state index contributed by atoms with van der Waals surface area (Å²) in [5, 5.41) is 11.1. The maximum absolute atomic E-state index is 14.8. The van der Waals surface area contributed by atoms with Crippen molar-refractivity contribution in [2.75, 3.05) is 20.3 Å². The molecule has 0 spiro atoms. The van der Waals surface area contributed by atoms with Gasteiger partial charge in [-0.1, -0.05) is 42.5 Å². The molecule has 3 aromatic rings. The van der Waals surface area contributed by atoms with E-state index in [1.54, 1.807) is 30.3 Å². The van der Waals surface area contributed by atoms with E-state index in [0.29, 0.717) is 30.9 Å². The lowest BCUT2D eigenvalue weighted by molar-refractivity contribution is -0.140. The van der Waals surface area contributed by atoms with Crippen LogP contribution in [0.3, 0.4) is 0 Å². The lowest BCUT2D eigenvalue weighted by Gasteiger charge is -2.25. The number of ketones is 1. The summed E-state index contributed by atoms with van der Waals surface area (Å²) in [7, 11) is 1.54. The largest absolute Gasteiger partial charge is 0.507 e. The van der Waals surface area contributed by atoms with E-state index in [9.17, 15) is 19.1 Å². The van der Waals surface area contributed by atoms with E-state index in [0.717, 1.165) is 11.1 Å². The van der Waals surface area contributed by atoms with Crippen LogP contribution in [0.25, 0.3) is 5.76 Å². The first-order valence-electron chi connectivity index (χ1n) is 11.7. The van der Waals surface area contributed by atoms with Crippen molar-refractivity contribution in [1.82, 2.24) is 4.90 Å². The minimum atomic E-state index is -1.04. The zero-order valence-electron chi connectivity index (χ0n) is 20.2. The predicted molar refractivity (Wildman–Crippen MR) is 134 cm³/mol. The van der Waals surface area contributed by atoms with Gasteiger partial charge in [0, 0.05) is 31.4 Å². The first kappa shape index (κ1) is 25.1. The van der Waals surface area contributed by atoms with Gasteiger partial charge in [0.05, 0.1) is 11.6 Å². The van der Waals surface area contributed by atoms with Gasteiger partial charge in [-0.15, -0.1) is 0 Å². The summed E-state index contributed by atoms with van der Waals surface area (Å²) >= 11 is 0. The summed E-state index contributed by atoms with van der Waals surface area (Å²) < 4.78 is 25.7. The van der Waals surface area contributed by atoms with Crippen LogP contribution in [0.15, 0.2) is 78.4 Å². The van der Waals surface area contributed by atoms with Crippen LogP contribution in [0.5, 0.6) is 5.75 Å². The molecule has 0 radical (unpaired) electrons. The third-order valence-electron chi connectivity index (χ3n) is 6.27. The van der Waals surface area contributed by atoms with Gasteiger partial charge in [-0.2, -0.15) is 0 Å². The first-order valence-corrected chi connectivity index (χ1v) is 11.7. The molecule has 1 saturated heterocycles. The van der Waals surface area contributed by atoms with Crippen LogP contribution >= 0.6 is 0 Å². The highest BCUT2D eigenvalue weighted by atomic mass is 19.1. The van der Waals surface area contributed by atoms with Crippen molar-refractivity contribution in [3.8, 4) is 5.75 Å². The van der Waals surface area contributed by atoms with E-state index in [-0.39, 0.29) is 23.4 Å². The predicted octanol–water partition coefficient (Wildman–Crippen LogP) is 5.17. The fourth-order valence-corrected chi connectivity index (χ4v) is 4.31. The van der Waals surface area contributed by atoms with Crippen LogP contribution < -0.4 is 4.74 Å². The molecule has 1 N–H and O–H groups in total. The smallest absolute Gasteiger partial charge is 0.295 e.